The zero-order valence-electron chi connectivity index (χ0n) is 8.41. The zero-order chi connectivity index (χ0) is 12.6. The molecule has 1 aromatic rings. The molecule has 0 saturated carbocycles. The summed E-state index contributed by atoms with van der Waals surface area (Å²) in [7, 11) is 0. The maximum absolute atomic E-state index is 13.6. The number of rotatable bonds is 1. The molecule has 0 spiro atoms. The molecule has 3 N–H and O–H groups in total. The van der Waals surface area contributed by atoms with E-state index in [1.165, 1.54) is 0 Å². The van der Waals surface area contributed by atoms with Gasteiger partial charge in [0.05, 0.1) is 0 Å². The van der Waals surface area contributed by atoms with Gasteiger partial charge in [-0.25, -0.2) is 9.18 Å². The van der Waals surface area contributed by atoms with Crippen LogP contribution in [0.5, 0.6) is 0 Å². The summed E-state index contributed by atoms with van der Waals surface area (Å²) in [5.41, 5.74) is -1.49. The molecule has 92 valence electrons. The molecule has 1 fully saturated rings. The number of nitrogens with zero attached hydrogens (tertiary/aromatic N) is 1. The van der Waals surface area contributed by atoms with Gasteiger partial charge in [0.25, 0.3) is 5.56 Å². The molecule has 1 aliphatic rings. The molecule has 1 aromatic heterocycles. The number of alkyl halides is 1. The number of aromatic nitrogens is 2. The normalized spacial score (nSPS) is 30.5. The average molecular weight is 244 g/mol. The number of aliphatic hydroxyl groups is 2. The fourth-order valence-electron chi connectivity index (χ4n) is 1.53. The van der Waals surface area contributed by atoms with Crippen molar-refractivity contribution in [3.05, 3.63) is 45.1 Å². The van der Waals surface area contributed by atoms with Gasteiger partial charge in [0.1, 0.15) is 6.26 Å². The molecule has 2 heterocycles. The molecule has 8 heteroatoms. The highest BCUT2D eigenvalue weighted by Gasteiger charge is 2.43. The Kier molecular flexibility index (Phi) is 2.72. The summed E-state index contributed by atoms with van der Waals surface area (Å²) in [5, 5.41) is 18.0. The van der Waals surface area contributed by atoms with Crippen LogP contribution in [-0.2, 0) is 4.74 Å². The van der Waals surface area contributed by atoms with Crippen molar-refractivity contribution in [2.24, 2.45) is 0 Å². The minimum absolute atomic E-state index is 0.374. The molecule has 0 bridgehead atoms. The van der Waals surface area contributed by atoms with Gasteiger partial charge in [-0.2, -0.15) is 0 Å². The third kappa shape index (κ3) is 1.82. The summed E-state index contributed by atoms with van der Waals surface area (Å²) >= 11 is 0. The number of hydrogen-bond donors (Lipinski definition) is 3. The highest BCUT2D eigenvalue weighted by Crippen LogP contribution is 2.32. The van der Waals surface area contributed by atoms with Crippen LogP contribution in [0.25, 0.3) is 0 Å². The number of nitrogens with one attached hydrogen (secondary N) is 1. The van der Waals surface area contributed by atoms with E-state index in [1.807, 2.05) is 4.98 Å². The number of aliphatic hydroxyl groups excluding tert-OH is 2. The molecule has 17 heavy (non-hydrogen) atoms. The van der Waals surface area contributed by atoms with E-state index in [4.69, 9.17) is 9.84 Å². The Bertz CT molecular complexity index is 563. The monoisotopic (exact) mass is 244 g/mol. The largest absolute Gasteiger partial charge is 0.512 e. The van der Waals surface area contributed by atoms with Crippen molar-refractivity contribution in [1.82, 2.24) is 9.55 Å². The van der Waals surface area contributed by atoms with E-state index in [9.17, 15) is 19.1 Å². The first-order valence-electron chi connectivity index (χ1n) is 4.69. The Morgan fingerprint density at radius 3 is 2.76 bits per heavy atom. The van der Waals surface area contributed by atoms with E-state index >= 15 is 0 Å². The van der Waals surface area contributed by atoms with Crippen molar-refractivity contribution in [2.45, 2.75) is 18.5 Å². The minimum Gasteiger partial charge on any atom is -0.512 e. The van der Waals surface area contributed by atoms with E-state index in [1.54, 1.807) is 0 Å². The zero-order valence-corrected chi connectivity index (χ0v) is 8.41. The van der Waals surface area contributed by atoms with Gasteiger partial charge in [-0.1, -0.05) is 0 Å². The van der Waals surface area contributed by atoms with E-state index < -0.39 is 29.8 Å². The third-order valence-corrected chi connectivity index (χ3v) is 2.37. The second-order valence-electron chi connectivity index (χ2n) is 3.45. The summed E-state index contributed by atoms with van der Waals surface area (Å²) < 4.78 is 19.3. The Hall–Kier alpha value is -2.09. The summed E-state index contributed by atoms with van der Waals surface area (Å²) in [5.74, 6) is -0.374. The Balaban J connectivity index is 2.42. The van der Waals surface area contributed by atoms with Gasteiger partial charge in [0, 0.05) is 12.3 Å². The van der Waals surface area contributed by atoms with E-state index in [0.29, 0.717) is 6.26 Å². The van der Waals surface area contributed by atoms with Gasteiger partial charge in [-0.15, -0.1) is 0 Å². The van der Waals surface area contributed by atoms with Crippen LogP contribution < -0.4 is 11.2 Å². The fourth-order valence-corrected chi connectivity index (χ4v) is 1.53. The van der Waals surface area contributed by atoms with Crippen molar-refractivity contribution in [2.75, 3.05) is 0 Å². The van der Waals surface area contributed by atoms with Crippen LogP contribution in [0.1, 0.15) is 6.23 Å². The highest BCUT2D eigenvalue weighted by atomic mass is 19.1. The number of hydrogen-bond acceptors (Lipinski definition) is 5. The van der Waals surface area contributed by atoms with Crippen LogP contribution in [-0.4, -0.2) is 32.0 Å². The SMILES string of the molecule is O=c1ccn(C2O/C(=C/O)[C@@H](O)[C@H]2F)c(=O)[nH]1. The molecular weight excluding hydrogens is 235 g/mol. The highest BCUT2D eigenvalue weighted by molar-refractivity contribution is 5.07. The van der Waals surface area contributed by atoms with Crippen LogP contribution in [0, 0.1) is 0 Å². The maximum Gasteiger partial charge on any atom is 0.331 e. The first-order chi connectivity index (χ1) is 8.04. The summed E-state index contributed by atoms with van der Waals surface area (Å²) in [6, 6.07) is 1.02. The van der Waals surface area contributed by atoms with Crippen LogP contribution in [0.2, 0.25) is 0 Å². The van der Waals surface area contributed by atoms with Crippen molar-refractivity contribution < 1.29 is 19.3 Å². The number of halogens is 1. The quantitative estimate of drug-likeness (QED) is 0.559. The lowest BCUT2D eigenvalue weighted by molar-refractivity contribution is 0.0329. The van der Waals surface area contributed by atoms with Crippen molar-refractivity contribution in [1.29, 1.82) is 0 Å². The van der Waals surface area contributed by atoms with E-state index in [0.717, 1.165) is 16.8 Å². The Morgan fingerprint density at radius 2 is 2.24 bits per heavy atom. The summed E-state index contributed by atoms with van der Waals surface area (Å²) in [4.78, 5) is 24.1. The lowest BCUT2D eigenvalue weighted by Gasteiger charge is -2.14. The molecule has 7 nitrogen and oxygen atoms in total. The number of ether oxygens (including phenoxy) is 1. The molecule has 2 rings (SSSR count). The predicted octanol–water partition coefficient (Wildman–Crippen LogP) is -0.836. The number of H-pyrrole nitrogens is 1. The topological polar surface area (TPSA) is 105 Å². The van der Waals surface area contributed by atoms with Crippen LogP contribution in [0.3, 0.4) is 0 Å². The molecule has 1 unspecified atom stereocenters. The summed E-state index contributed by atoms with van der Waals surface area (Å²) in [6.07, 6.45) is -3.52. The second-order valence-corrected chi connectivity index (χ2v) is 3.45. The van der Waals surface area contributed by atoms with Crippen molar-refractivity contribution in [3.8, 4) is 0 Å². The molecule has 0 amide bonds. The maximum atomic E-state index is 13.6. The van der Waals surface area contributed by atoms with Gasteiger partial charge in [0.2, 0.25) is 6.23 Å². The Morgan fingerprint density at radius 1 is 1.53 bits per heavy atom. The molecule has 0 aliphatic carbocycles. The summed E-state index contributed by atoms with van der Waals surface area (Å²) in [6.45, 7) is 0. The van der Waals surface area contributed by atoms with E-state index in [-0.39, 0.29) is 5.76 Å². The third-order valence-electron chi connectivity index (χ3n) is 2.37. The minimum atomic E-state index is -1.92. The van der Waals surface area contributed by atoms with Crippen molar-refractivity contribution in [3.63, 3.8) is 0 Å². The first kappa shape index (κ1) is 11.4. The van der Waals surface area contributed by atoms with Gasteiger partial charge in [0.15, 0.2) is 18.0 Å². The lowest BCUT2D eigenvalue weighted by Crippen LogP contribution is -2.35. The molecule has 0 radical (unpaired) electrons. The van der Waals surface area contributed by atoms with Gasteiger partial charge in [-0.3, -0.25) is 14.3 Å². The standard InChI is InChI=1S/C9H9FN2O5/c10-6-7(15)4(3-13)17-8(6)12-2-1-5(14)11-9(12)16/h1-3,6-8,13,15H,(H,11,14,16)/b4-3+/t6-,7-,8?/m1/s1. The van der Waals surface area contributed by atoms with Crippen LogP contribution >= 0.6 is 0 Å². The molecule has 3 atom stereocenters. The molecule has 1 saturated heterocycles. The average Bonchev–Trinajstić information content (AvgIpc) is 2.57. The van der Waals surface area contributed by atoms with E-state index in [2.05, 4.69) is 0 Å². The molecular formula is C9H9FN2O5. The predicted molar refractivity (Wildman–Crippen MR) is 53.1 cm³/mol. The lowest BCUT2D eigenvalue weighted by atomic mass is 10.2. The fraction of sp³-hybridized carbons (Fsp3) is 0.333. The first-order valence-corrected chi connectivity index (χ1v) is 4.69. The second kappa shape index (κ2) is 4.06. The van der Waals surface area contributed by atoms with Gasteiger partial charge >= 0.3 is 5.69 Å². The Labute approximate surface area is 93.4 Å². The number of aromatic amines is 1. The van der Waals surface area contributed by atoms with Gasteiger partial charge < -0.3 is 14.9 Å². The van der Waals surface area contributed by atoms with Crippen LogP contribution in [0.15, 0.2) is 33.9 Å². The van der Waals surface area contributed by atoms with Crippen molar-refractivity contribution >= 4 is 0 Å². The molecule has 0 aromatic carbocycles. The van der Waals surface area contributed by atoms with Gasteiger partial charge in [-0.05, 0) is 0 Å². The van der Waals surface area contributed by atoms with Crippen LogP contribution in [0.4, 0.5) is 4.39 Å². The molecule has 1 aliphatic heterocycles. The smallest absolute Gasteiger partial charge is 0.331 e.